The number of nitrogens with one attached hydrogen (secondary N) is 2. The van der Waals surface area contributed by atoms with Gasteiger partial charge in [-0.1, -0.05) is 12.1 Å². The predicted octanol–water partition coefficient (Wildman–Crippen LogP) is 2.10. The fraction of sp³-hybridized carbons (Fsp3) is 0.158. The van der Waals surface area contributed by atoms with Crippen molar-refractivity contribution in [3.05, 3.63) is 54.1 Å². The molecule has 3 rings (SSSR count). The minimum Gasteiger partial charge on any atom is -0.482 e. The van der Waals surface area contributed by atoms with Crippen molar-refractivity contribution in [3.8, 4) is 5.75 Å². The molecule has 0 aromatic heterocycles. The van der Waals surface area contributed by atoms with Gasteiger partial charge in [0.25, 0.3) is 0 Å². The summed E-state index contributed by atoms with van der Waals surface area (Å²) in [6.07, 6.45) is 1.45. The van der Waals surface area contributed by atoms with Gasteiger partial charge in [0.1, 0.15) is 5.75 Å². The monoisotopic (exact) mass is 399 g/mol. The second-order valence-corrected chi connectivity index (χ2v) is 7.09. The van der Waals surface area contributed by atoms with Gasteiger partial charge in [0.05, 0.1) is 17.2 Å². The molecule has 1 heterocycles. The zero-order valence-electron chi connectivity index (χ0n) is 14.6. The predicted molar refractivity (Wildman–Crippen MR) is 105 cm³/mol. The largest absolute Gasteiger partial charge is 0.482 e. The first-order valence-electron chi connectivity index (χ1n) is 8.34. The van der Waals surface area contributed by atoms with Gasteiger partial charge in [0.2, 0.25) is 11.8 Å². The molecule has 0 aliphatic carbocycles. The lowest BCUT2D eigenvalue weighted by atomic mass is 10.2. The van der Waals surface area contributed by atoms with E-state index in [4.69, 9.17) is 9.84 Å². The summed E-state index contributed by atoms with van der Waals surface area (Å²) in [7, 11) is 0. The van der Waals surface area contributed by atoms with Crippen LogP contribution in [0.25, 0.3) is 0 Å². The number of fused-ring (bicyclic) bond motifs is 1. The Hall–Kier alpha value is -3.33. The van der Waals surface area contributed by atoms with Crippen LogP contribution in [0.4, 0.5) is 5.69 Å². The zero-order chi connectivity index (χ0) is 19.9. The molecule has 0 radical (unpaired) electrons. The van der Waals surface area contributed by atoms with Crippen molar-refractivity contribution < 1.29 is 24.2 Å². The molecule has 0 saturated carbocycles. The first-order valence-corrected chi connectivity index (χ1v) is 9.22. The second-order valence-electron chi connectivity index (χ2n) is 5.84. The van der Waals surface area contributed by atoms with Crippen LogP contribution in [0.3, 0.4) is 0 Å². The Kier molecular flexibility index (Phi) is 6.28. The highest BCUT2D eigenvalue weighted by Gasteiger charge is 2.28. The number of hydrogen-bond donors (Lipinski definition) is 3. The van der Waals surface area contributed by atoms with E-state index in [0.29, 0.717) is 11.3 Å². The number of amides is 2. The van der Waals surface area contributed by atoms with Crippen molar-refractivity contribution in [1.82, 2.24) is 5.43 Å². The average Bonchev–Trinajstić information content (AvgIpc) is 2.68. The lowest BCUT2D eigenvalue weighted by molar-refractivity contribution is -0.139. The van der Waals surface area contributed by atoms with Gasteiger partial charge in [-0.25, -0.2) is 10.2 Å². The van der Waals surface area contributed by atoms with Gasteiger partial charge in [0.15, 0.2) is 6.61 Å². The summed E-state index contributed by atoms with van der Waals surface area (Å²) in [6.45, 7) is -0.416. The Morgan fingerprint density at radius 1 is 1.21 bits per heavy atom. The highest BCUT2D eigenvalue weighted by Crippen LogP contribution is 2.36. The first-order chi connectivity index (χ1) is 13.5. The van der Waals surface area contributed by atoms with Crippen LogP contribution in [-0.4, -0.2) is 41.0 Å². The summed E-state index contributed by atoms with van der Waals surface area (Å²) in [5.74, 6) is -1.21. The molecule has 0 saturated heterocycles. The normalized spacial score (nSPS) is 15.6. The van der Waals surface area contributed by atoms with Crippen LogP contribution in [0.1, 0.15) is 12.0 Å². The van der Waals surface area contributed by atoms with E-state index >= 15 is 0 Å². The summed E-state index contributed by atoms with van der Waals surface area (Å²) >= 11 is 1.35. The lowest BCUT2D eigenvalue weighted by Gasteiger charge is -2.23. The van der Waals surface area contributed by atoms with Gasteiger partial charge in [-0.2, -0.15) is 5.10 Å². The zero-order valence-corrected chi connectivity index (χ0v) is 15.4. The minimum atomic E-state index is -1.05. The first kappa shape index (κ1) is 19.4. The van der Waals surface area contributed by atoms with E-state index in [1.165, 1.54) is 18.0 Å². The van der Waals surface area contributed by atoms with E-state index < -0.39 is 17.8 Å². The van der Waals surface area contributed by atoms with Crippen LogP contribution in [0, 0.1) is 0 Å². The summed E-state index contributed by atoms with van der Waals surface area (Å²) in [6, 6.07) is 14.0. The number of thioether (sulfide) groups is 1. The quantitative estimate of drug-likeness (QED) is 0.485. The Balaban J connectivity index is 1.49. The van der Waals surface area contributed by atoms with Gasteiger partial charge >= 0.3 is 5.97 Å². The van der Waals surface area contributed by atoms with Crippen LogP contribution in [0.5, 0.6) is 5.75 Å². The van der Waals surface area contributed by atoms with E-state index in [-0.39, 0.29) is 18.2 Å². The third-order valence-corrected chi connectivity index (χ3v) is 5.00. The van der Waals surface area contributed by atoms with Crippen molar-refractivity contribution in [1.29, 1.82) is 0 Å². The van der Waals surface area contributed by atoms with Crippen LogP contribution < -0.4 is 15.5 Å². The number of carbonyl (C=O) groups excluding carboxylic acids is 2. The summed E-state index contributed by atoms with van der Waals surface area (Å²) in [4.78, 5) is 35.6. The third-order valence-electron chi connectivity index (χ3n) is 3.72. The Bertz CT molecular complexity index is 914. The summed E-state index contributed by atoms with van der Waals surface area (Å²) < 4.78 is 5.03. The molecule has 2 aromatic rings. The SMILES string of the molecule is O=C(O)COc1ccc(C=NNC(=O)CC2Sc3ccccc3NC2=O)cc1. The van der Waals surface area contributed by atoms with E-state index in [9.17, 15) is 14.4 Å². The number of aliphatic carboxylic acids is 1. The van der Waals surface area contributed by atoms with Gasteiger partial charge in [0, 0.05) is 11.3 Å². The Morgan fingerprint density at radius 3 is 2.71 bits per heavy atom. The molecule has 0 bridgehead atoms. The van der Waals surface area contributed by atoms with Crippen LogP contribution in [0.2, 0.25) is 0 Å². The molecular formula is C19H17N3O5S. The molecule has 0 fully saturated rings. The molecule has 0 spiro atoms. The number of anilines is 1. The summed E-state index contributed by atoms with van der Waals surface area (Å²) in [5, 5.41) is 14.7. The number of carbonyl (C=O) groups is 3. The molecule has 1 aliphatic rings. The number of hydrazone groups is 1. The maximum absolute atomic E-state index is 12.1. The van der Waals surface area contributed by atoms with Crippen LogP contribution in [0.15, 0.2) is 58.5 Å². The topological polar surface area (TPSA) is 117 Å². The molecule has 2 amide bonds. The third kappa shape index (κ3) is 5.34. The van der Waals surface area contributed by atoms with E-state index in [2.05, 4.69) is 15.8 Å². The molecular weight excluding hydrogens is 382 g/mol. The molecule has 28 heavy (non-hydrogen) atoms. The number of para-hydroxylation sites is 1. The van der Waals surface area contributed by atoms with Crippen molar-refractivity contribution in [2.24, 2.45) is 5.10 Å². The summed E-state index contributed by atoms with van der Waals surface area (Å²) in [5.41, 5.74) is 3.85. The number of benzene rings is 2. The molecule has 1 aliphatic heterocycles. The maximum atomic E-state index is 12.1. The fourth-order valence-electron chi connectivity index (χ4n) is 2.42. The van der Waals surface area contributed by atoms with Gasteiger partial charge < -0.3 is 15.2 Å². The number of rotatable bonds is 7. The lowest BCUT2D eigenvalue weighted by Crippen LogP contribution is -2.33. The number of carboxylic acids is 1. The number of nitrogens with zero attached hydrogens (tertiary/aromatic N) is 1. The highest BCUT2D eigenvalue weighted by molar-refractivity contribution is 8.01. The fourth-order valence-corrected chi connectivity index (χ4v) is 3.53. The average molecular weight is 399 g/mol. The Morgan fingerprint density at radius 2 is 1.96 bits per heavy atom. The van der Waals surface area contributed by atoms with Gasteiger partial charge in [-0.3, -0.25) is 9.59 Å². The molecule has 9 heteroatoms. The molecule has 8 nitrogen and oxygen atoms in total. The molecule has 144 valence electrons. The number of ether oxygens (including phenoxy) is 1. The molecule has 2 aromatic carbocycles. The van der Waals surface area contributed by atoms with Crippen LogP contribution >= 0.6 is 11.8 Å². The number of hydrogen-bond acceptors (Lipinski definition) is 6. The molecule has 1 atom stereocenters. The van der Waals surface area contributed by atoms with Crippen molar-refractivity contribution in [2.45, 2.75) is 16.6 Å². The minimum absolute atomic E-state index is 0.00411. The van der Waals surface area contributed by atoms with E-state index in [1.54, 1.807) is 24.3 Å². The van der Waals surface area contributed by atoms with Gasteiger partial charge in [-0.05, 0) is 42.0 Å². The number of carboxylic acid groups (broad SMARTS) is 1. The van der Waals surface area contributed by atoms with E-state index in [1.807, 2.05) is 24.3 Å². The van der Waals surface area contributed by atoms with E-state index in [0.717, 1.165) is 10.6 Å². The molecule has 3 N–H and O–H groups in total. The maximum Gasteiger partial charge on any atom is 0.341 e. The van der Waals surface area contributed by atoms with Crippen molar-refractivity contribution >= 4 is 41.4 Å². The second kappa shape index (κ2) is 9.05. The highest BCUT2D eigenvalue weighted by atomic mass is 32.2. The van der Waals surface area contributed by atoms with Crippen molar-refractivity contribution in [2.75, 3.05) is 11.9 Å². The smallest absolute Gasteiger partial charge is 0.341 e. The van der Waals surface area contributed by atoms with Crippen LogP contribution in [-0.2, 0) is 14.4 Å². The standard InChI is InChI=1S/C19H17N3O5S/c23-17(9-16-19(26)21-14-3-1-2-4-15(14)28-16)22-20-10-12-5-7-13(8-6-12)27-11-18(24)25/h1-8,10,16H,9,11H2,(H,21,26)(H,22,23)(H,24,25). The molecule has 1 unspecified atom stereocenters. The van der Waals surface area contributed by atoms with Gasteiger partial charge in [-0.15, -0.1) is 11.8 Å². The Labute approximate surface area is 165 Å². The van der Waals surface area contributed by atoms with Crippen molar-refractivity contribution in [3.63, 3.8) is 0 Å².